The van der Waals surface area contributed by atoms with Crippen molar-refractivity contribution in [2.75, 3.05) is 0 Å². The smallest absolute Gasteiger partial charge is 0.224 e. The molecule has 0 aliphatic carbocycles. The van der Waals surface area contributed by atoms with Gasteiger partial charge in [-0.05, 0) is 51.5 Å². The van der Waals surface area contributed by atoms with Gasteiger partial charge in [-0.1, -0.05) is 29.3 Å². The standard InChI is InChI=1S/C22H24Cl2N4O2/c1-13(2)30-22-8-5-16(12-26-22)11-25-21(29)10-18-14(3)27-28(15(18)4)17-6-7-19(23)20(24)9-17/h5-9,12-13H,10-11H2,1-4H3,(H,25,29). The fourth-order valence-corrected chi connectivity index (χ4v) is 3.34. The maximum absolute atomic E-state index is 12.5. The number of rotatable bonds is 7. The first-order chi connectivity index (χ1) is 14.2. The summed E-state index contributed by atoms with van der Waals surface area (Å²) >= 11 is 12.1. The maximum Gasteiger partial charge on any atom is 0.224 e. The van der Waals surface area contributed by atoms with E-state index in [1.165, 1.54) is 0 Å². The number of benzene rings is 1. The summed E-state index contributed by atoms with van der Waals surface area (Å²) in [6, 6.07) is 9.03. The third kappa shape index (κ3) is 5.32. The van der Waals surface area contributed by atoms with E-state index in [-0.39, 0.29) is 18.4 Å². The van der Waals surface area contributed by atoms with Gasteiger partial charge in [-0.15, -0.1) is 0 Å². The van der Waals surface area contributed by atoms with Crippen LogP contribution in [-0.2, 0) is 17.8 Å². The van der Waals surface area contributed by atoms with Crippen LogP contribution in [0.5, 0.6) is 5.88 Å². The molecular formula is C22H24Cl2N4O2. The third-order valence-corrected chi connectivity index (χ3v) is 5.31. The normalized spacial score (nSPS) is 11.0. The molecule has 2 heterocycles. The van der Waals surface area contributed by atoms with Crippen LogP contribution in [0.1, 0.15) is 36.4 Å². The van der Waals surface area contributed by atoms with E-state index >= 15 is 0 Å². The van der Waals surface area contributed by atoms with Crippen molar-refractivity contribution in [3.8, 4) is 11.6 Å². The number of amides is 1. The summed E-state index contributed by atoms with van der Waals surface area (Å²) in [6.45, 7) is 8.11. The molecule has 0 unspecified atom stereocenters. The lowest BCUT2D eigenvalue weighted by molar-refractivity contribution is -0.120. The topological polar surface area (TPSA) is 69.0 Å². The predicted molar refractivity (Wildman–Crippen MR) is 119 cm³/mol. The van der Waals surface area contributed by atoms with Gasteiger partial charge in [0.2, 0.25) is 11.8 Å². The first-order valence-electron chi connectivity index (χ1n) is 9.63. The maximum atomic E-state index is 12.5. The minimum Gasteiger partial charge on any atom is -0.475 e. The van der Waals surface area contributed by atoms with Crippen LogP contribution in [0.15, 0.2) is 36.5 Å². The second-order valence-corrected chi connectivity index (χ2v) is 8.10. The highest BCUT2D eigenvalue weighted by molar-refractivity contribution is 6.42. The second-order valence-electron chi connectivity index (χ2n) is 7.28. The summed E-state index contributed by atoms with van der Waals surface area (Å²) in [5.74, 6) is 0.485. The van der Waals surface area contributed by atoms with Crippen molar-refractivity contribution in [3.05, 3.63) is 69.1 Å². The van der Waals surface area contributed by atoms with E-state index in [4.69, 9.17) is 27.9 Å². The van der Waals surface area contributed by atoms with Crippen molar-refractivity contribution in [3.63, 3.8) is 0 Å². The lowest BCUT2D eigenvalue weighted by atomic mass is 10.1. The van der Waals surface area contributed by atoms with Gasteiger partial charge >= 0.3 is 0 Å². The highest BCUT2D eigenvalue weighted by Crippen LogP contribution is 2.26. The molecule has 30 heavy (non-hydrogen) atoms. The number of halogens is 2. The van der Waals surface area contributed by atoms with Crippen molar-refractivity contribution in [2.24, 2.45) is 0 Å². The van der Waals surface area contributed by atoms with Crippen molar-refractivity contribution < 1.29 is 9.53 Å². The minimum atomic E-state index is -0.0857. The molecule has 6 nitrogen and oxygen atoms in total. The van der Waals surface area contributed by atoms with Gasteiger partial charge in [0.1, 0.15) is 0 Å². The van der Waals surface area contributed by atoms with Gasteiger partial charge in [-0.2, -0.15) is 5.10 Å². The highest BCUT2D eigenvalue weighted by Gasteiger charge is 2.16. The zero-order valence-electron chi connectivity index (χ0n) is 17.4. The van der Waals surface area contributed by atoms with E-state index in [2.05, 4.69) is 15.4 Å². The van der Waals surface area contributed by atoms with Gasteiger partial charge in [-0.3, -0.25) is 4.79 Å². The molecule has 0 bridgehead atoms. The molecule has 8 heteroatoms. The largest absolute Gasteiger partial charge is 0.475 e. The number of pyridine rings is 1. The van der Waals surface area contributed by atoms with Gasteiger partial charge in [0, 0.05) is 30.1 Å². The monoisotopic (exact) mass is 446 g/mol. The van der Waals surface area contributed by atoms with Crippen molar-refractivity contribution in [1.82, 2.24) is 20.1 Å². The van der Waals surface area contributed by atoms with Crippen LogP contribution in [0.3, 0.4) is 0 Å². The Kier molecular flexibility index (Phi) is 7.00. The summed E-state index contributed by atoms with van der Waals surface area (Å²) < 4.78 is 7.30. The number of nitrogens with one attached hydrogen (secondary N) is 1. The van der Waals surface area contributed by atoms with Crippen LogP contribution >= 0.6 is 23.2 Å². The number of carbonyl (C=O) groups excluding carboxylic acids is 1. The quantitative estimate of drug-likeness (QED) is 0.563. The fourth-order valence-electron chi connectivity index (χ4n) is 3.05. The minimum absolute atomic E-state index is 0.0688. The molecule has 158 valence electrons. The van der Waals surface area contributed by atoms with Crippen molar-refractivity contribution in [1.29, 1.82) is 0 Å². The van der Waals surface area contributed by atoms with Crippen molar-refractivity contribution in [2.45, 2.75) is 46.8 Å². The number of aryl methyl sites for hydroxylation is 1. The molecule has 1 N–H and O–H groups in total. The number of carbonyl (C=O) groups is 1. The summed E-state index contributed by atoms with van der Waals surface area (Å²) in [5.41, 5.74) is 4.27. The van der Waals surface area contributed by atoms with Gasteiger partial charge in [0.05, 0.1) is 34.0 Å². The van der Waals surface area contributed by atoms with E-state index in [9.17, 15) is 4.79 Å². The molecule has 1 amide bonds. The van der Waals surface area contributed by atoms with Gasteiger partial charge in [0.15, 0.2) is 0 Å². The molecule has 2 aromatic heterocycles. The van der Waals surface area contributed by atoms with Crippen LogP contribution in [0, 0.1) is 13.8 Å². The fraction of sp³-hybridized carbons (Fsp3) is 0.318. The Morgan fingerprint density at radius 1 is 1.17 bits per heavy atom. The lowest BCUT2D eigenvalue weighted by Gasteiger charge is -2.10. The second kappa shape index (κ2) is 9.49. The average Bonchev–Trinajstić information content (AvgIpc) is 2.97. The summed E-state index contributed by atoms with van der Waals surface area (Å²) in [4.78, 5) is 16.8. The summed E-state index contributed by atoms with van der Waals surface area (Å²) in [7, 11) is 0. The molecular weight excluding hydrogens is 423 g/mol. The van der Waals surface area contributed by atoms with E-state index in [0.717, 1.165) is 28.2 Å². The Hall–Kier alpha value is -2.57. The SMILES string of the molecule is Cc1nn(-c2ccc(Cl)c(Cl)c2)c(C)c1CC(=O)NCc1ccc(OC(C)C)nc1. The predicted octanol–water partition coefficient (Wildman–Crippen LogP) is 4.84. The Bertz CT molecular complexity index is 1050. The van der Waals surface area contributed by atoms with Crippen LogP contribution in [0.4, 0.5) is 0 Å². The van der Waals surface area contributed by atoms with Gasteiger partial charge in [-0.25, -0.2) is 9.67 Å². The number of ether oxygens (including phenoxy) is 1. The first kappa shape index (κ1) is 22.1. The summed E-state index contributed by atoms with van der Waals surface area (Å²) in [5, 5.41) is 8.44. The van der Waals surface area contributed by atoms with Crippen LogP contribution in [0.2, 0.25) is 10.0 Å². The number of hydrogen-bond donors (Lipinski definition) is 1. The first-order valence-corrected chi connectivity index (χ1v) is 10.4. The van der Waals surface area contributed by atoms with Crippen LogP contribution in [0.25, 0.3) is 5.69 Å². The Morgan fingerprint density at radius 3 is 2.57 bits per heavy atom. The molecule has 0 fully saturated rings. The van der Waals surface area contributed by atoms with E-state index in [0.29, 0.717) is 22.5 Å². The molecule has 0 saturated heterocycles. The average molecular weight is 447 g/mol. The Morgan fingerprint density at radius 2 is 1.93 bits per heavy atom. The lowest BCUT2D eigenvalue weighted by Crippen LogP contribution is -2.25. The van der Waals surface area contributed by atoms with Gasteiger partial charge < -0.3 is 10.1 Å². The Balaban J connectivity index is 1.65. The zero-order valence-corrected chi connectivity index (χ0v) is 18.9. The molecule has 1 aromatic carbocycles. The molecule has 0 radical (unpaired) electrons. The van der Waals surface area contributed by atoms with Gasteiger partial charge in [0.25, 0.3) is 0 Å². The third-order valence-electron chi connectivity index (χ3n) is 4.57. The molecule has 3 aromatic rings. The number of nitrogens with zero attached hydrogens (tertiary/aromatic N) is 3. The molecule has 0 spiro atoms. The Labute approximate surface area is 186 Å². The van der Waals surface area contributed by atoms with Crippen LogP contribution in [-0.4, -0.2) is 26.8 Å². The molecule has 0 aliphatic heterocycles. The molecule has 0 aliphatic rings. The van der Waals surface area contributed by atoms with E-state index in [1.807, 2.05) is 39.8 Å². The van der Waals surface area contributed by atoms with Crippen molar-refractivity contribution >= 4 is 29.1 Å². The molecule has 0 saturated carbocycles. The molecule has 0 atom stereocenters. The number of hydrogen-bond acceptors (Lipinski definition) is 4. The molecule has 3 rings (SSSR count). The van der Waals surface area contributed by atoms with E-state index < -0.39 is 0 Å². The zero-order chi connectivity index (χ0) is 21.8. The van der Waals surface area contributed by atoms with E-state index in [1.54, 1.807) is 29.1 Å². The highest BCUT2D eigenvalue weighted by atomic mass is 35.5. The number of aromatic nitrogens is 3. The summed E-state index contributed by atoms with van der Waals surface area (Å²) in [6.07, 6.45) is 2.01. The van der Waals surface area contributed by atoms with Crippen LogP contribution < -0.4 is 10.1 Å².